The fourth-order valence-electron chi connectivity index (χ4n) is 4.52. The van der Waals surface area contributed by atoms with Gasteiger partial charge in [0.25, 0.3) is 0 Å². The second-order valence-corrected chi connectivity index (χ2v) is 8.97. The van der Waals surface area contributed by atoms with E-state index in [0.29, 0.717) is 12.4 Å². The van der Waals surface area contributed by atoms with Gasteiger partial charge in [-0.2, -0.15) is 0 Å². The molecule has 1 saturated heterocycles. The Morgan fingerprint density at radius 2 is 1.69 bits per heavy atom. The number of nitrogens with zero attached hydrogens (tertiary/aromatic N) is 4. The molecule has 8 nitrogen and oxygen atoms in total. The van der Waals surface area contributed by atoms with Crippen molar-refractivity contribution in [1.29, 1.82) is 0 Å². The zero-order valence-electron chi connectivity index (χ0n) is 20.2. The highest BCUT2D eigenvalue weighted by atomic mass is 16.6. The molecule has 4 rings (SSSR count). The van der Waals surface area contributed by atoms with Gasteiger partial charge in [-0.1, -0.05) is 91.8 Å². The van der Waals surface area contributed by atoms with Crippen LogP contribution in [0.4, 0.5) is 4.79 Å². The summed E-state index contributed by atoms with van der Waals surface area (Å²) >= 11 is 0. The van der Waals surface area contributed by atoms with Gasteiger partial charge in [-0.25, -0.2) is 9.69 Å². The molecule has 184 valence electrons. The summed E-state index contributed by atoms with van der Waals surface area (Å²) in [6.07, 6.45) is -0.737. The number of rotatable bonds is 9. The lowest BCUT2D eigenvalue weighted by molar-refractivity contribution is -0.131. The second-order valence-electron chi connectivity index (χ2n) is 8.97. The van der Waals surface area contributed by atoms with Crippen LogP contribution in [-0.2, 0) is 16.1 Å². The lowest BCUT2D eigenvalue weighted by atomic mass is 9.82. The Hall–Kier alpha value is -4.29. The van der Waals surface area contributed by atoms with E-state index in [9.17, 15) is 15.1 Å². The van der Waals surface area contributed by atoms with Gasteiger partial charge >= 0.3 is 6.09 Å². The maximum Gasteiger partial charge on any atom is 0.417 e. The average molecular weight is 485 g/mol. The monoisotopic (exact) mass is 484 g/mol. The molecule has 1 heterocycles. The van der Waals surface area contributed by atoms with Crippen LogP contribution in [0.15, 0.2) is 90.0 Å². The molecule has 0 unspecified atom stereocenters. The molecule has 0 N–H and O–H groups in total. The number of benzene rings is 3. The van der Waals surface area contributed by atoms with Crippen molar-refractivity contribution in [2.24, 2.45) is 11.0 Å². The molecule has 8 heteroatoms. The number of ether oxygens (including phenoxy) is 2. The minimum atomic E-state index is -1.12. The van der Waals surface area contributed by atoms with Crippen molar-refractivity contribution in [1.82, 2.24) is 4.90 Å². The van der Waals surface area contributed by atoms with Crippen molar-refractivity contribution in [3.8, 4) is 5.75 Å². The van der Waals surface area contributed by atoms with Crippen molar-refractivity contribution in [2.75, 3.05) is 6.61 Å². The fourth-order valence-corrected chi connectivity index (χ4v) is 4.52. The Balaban J connectivity index is 1.58. The van der Waals surface area contributed by atoms with E-state index in [1.165, 1.54) is 0 Å². The Kier molecular flexibility index (Phi) is 7.88. The van der Waals surface area contributed by atoms with E-state index in [1.54, 1.807) is 0 Å². The number of imide groups is 1. The third-order valence-corrected chi connectivity index (χ3v) is 6.30. The van der Waals surface area contributed by atoms with Gasteiger partial charge in [0.05, 0.1) is 0 Å². The normalized spacial score (nSPS) is 16.7. The Morgan fingerprint density at radius 1 is 1.06 bits per heavy atom. The first kappa shape index (κ1) is 24.8. The lowest BCUT2D eigenvalue weighted by Crippen LogP contribution is -2.43. The number of cyclic esters (lactones) is 1. The van der Waals surface area contributed by atoms with E-state index in [1.807, 2.05) is 98.8 Å². The standard InChI is InChI=1S/C28H28N4O4/c1-19(2)25(22-13-15-23(16-14-22)35-17-20-9-5-3-6-10-20)26(30-31-29)27(33)32-24(18-36-28(32)34)21-11-7-4-8-12-21/h3-16,19,24-26H,17-18H2,1-2H3/t24-,25+,26+/m1/s1. The minimum absolute atomic E-state index is 0.0529. The average Bonchev–Trinajstić information content (AvgIpc) is 3.29. The summed E-state index contributed by atoms with van der Waals surface area (Å²) in [6.45, 7) is 4.40. The quantitative estimate of drug-likeness (QED) is 0.199. The van der Waals surface area contributed by atoms with E-state index in [2.05, 4.69) is 10.0 Å². The van der Waals surface area contributed by atoms with Crippen LogP contribution >= 0.6 is 0 Å². The van der Waals surface area contributed by atoms with Crippen LogP contribution in [0.25, 0.3) is 10.4 Å². The number of hydrogen-bond donors (Lipinski definition) is 0. The van der Waals surface area contributed by atoms with Crippen molar-refractivity contribution >= 4 is 12.0 Å². The molecular formula is C28H28N4O4. The van der Waals surface area contributed by atoms with Gasteiger partial charge in [-0.05, 0) is 40.3 Å². The smallest absolute Gasteiger partial charge is 0.417 e. The molecule has 0 bridgehead atoms. The van der Waals surface area contributed by atoms with E-state index >= 15 is 0 Å². The molecule has 1 aliphatic rings. The number of amides is 2. The van der Waals surface area contributed by atoms with Crippen molar-refractivity contribution in [3.05, 3.63) is 112 Å². The highest BCUT2D eigenvalue weighted by Gasteiger charge is 2.44. The molecule has 0 radical (unpaired) electrons. The third-order valence-electron chi connectivity index (χ3n) is 6.30. The number of carbonyl (C=O) groups is 2. The van der Waals surface area contributed by atoms with Crippen LogP contribution in [0.3, 0.4) is 0 Å². The topological polar surface area (TPSA) is 105 Å². The molecule has 1 aliphatic heterocycles. The Morgan fingerprint density at radius 3 is 2.31 bits per heavy atom. The molecule has 36 heavy (non-hydrogen) atoms. The summed E-state index contributed by atoms with van der Waals surface area (Å²) in [7, 11) is 0. The molecule has 3 aromatic rings. The number of carbonyl (C=O) groups excluding carboxylic acids is 2. The van der Waals surface area contributed by atoms with E-state index in [4.69, 9.17) is 9.47 Å². The second kappa shape index (κ2) is 11.4. The first-order valence-electron chi connectivity index (χ1n) is 11.8. The van der Waals surface area contributed by atoms with Gasteiger partial charge in [0.1, 0.15) is 31.0 Å². The molecule has 3 aromatic carbocycles. The molecule has 0 saturated carbocycles. The number of hydrogen-bond acceptors (Lipinski definition) is 5. The van der Waals surface area contributed by atoms with Gasteiger partial charge in [-0.15, -0.1) is 0 Å². The molecule has 0 aliphatic carbocycles. The Labute approximate surface area is 210 Å². The van der Waals surface area contributed by atoms with E-state index < -0.39 is 30.0 Å². The van der Waals surface area contributed by atoms with Gasteiger partial charge in [0, 0.05) is 10.8 Å². The van der Waals surface area contributed by atoms with Gasteiger partial charge in [0.15, 0.2) is 0 Å². The fraction of sp³-hybridized carbons (Fsp3) is 0.286. The van der Waals surface area contributed by atoms with Crippen LogP contribution in [-0.4, -0.2) is 29.5 Å². The molecule has 1 fully saturated rings. The summed E-state index contributed by atoms with van der Waals surface area (Å²) < 4.78 is 11.1. The highest BCUT2D eigenvalue weighted by molar-refractivity contribution is 5.97. The van der Waals surface area contributed by atoms with Crippen LogP contribution < -0.4 is 4.74 Å². The first-order chi connectivity index (χ1) is 17.5. The third kappa shape index (κ3) is 5.50. The predicted octanol–water partition coefficient (Wildman–Crippen LogP) is 6.40. The van der Waals surface area contributed by atoms with Crippen LogP contribution in [0.5, 0.6) is 5.75 Å². The summed E-state index contributed by atoms with van der Waals surface area (Å²) in [6, 6.07) is 24.8. The lowest BCUT2D eigenvalue weighted by Gasteiger charge is -2.30. The van der Waals surface area contributed by atoms with E-state index in [0.717, 1.165) is 21.6 Å². The molecule has 3 atom stereocenters. The van der Waals surface area contributed by atoms with Gasteiger partial charge in [-0.3, -0.25) is 4.79 Å². The van der Waals surface area contributed by atoms with Gasteiger partial charge < -0.3 is 9.47 Å². The maximum absolute atomic E-state index is 13.7. The molecule has 0 spiro atoms. The van der Waals surface area contributed by atoms with Crippen molar-refractivity contribution in [2.45, 2.75) is 38.5 Å². The predicted molar refractivity (Wildman–Crippen MR) is 135 cm³/mol. The maximum atomic E-state index is 13.7. The van der Waals surface area contributed by atoms with Gasteiger partial charge in [0.2, 0.25) is 5.91 Å². The largest absolute Gasteiger partial charge is 0.489 e. The summed E-state index contributed by atoms with van der Waals surface area (Å²) in [5.41, 5.74) is 12.0. The number of azide groups is 1. The van der Waals surface area contributed by atoms with E-state index in [-0.39, 0.29) is 12.5 Å². The van der Waals surface area contributed by atoms with Crippen LogP contribution in [0, 0.1) is 5.92 Å². The zero-order chi connectivity index (χ0) is 25.5. The minimum Gasteiger partial charge on any atom is -0.489 e. The van der Waals surface area contributed by atoms with Crippen LogP contribution in [0.1, 0.15) is 42.5 Å². The molecular weight excluding hydrogens is 456 g/mol. The summed E-state index contributed by atoms with van der Waals surface area (Å²) in [5, 5.41) is 3.88. The zero-order valence-corrected chi connectivity index (χ0v) is 20.2. The first-order valence-corrected chi connectivity index (χ1v) is 11.8. The van der Waals surface area contributed by atoms with Crippen molar-refractivity contribution < 1.29 is 19.1 Å². The SMILES string of the molecule is CC(C)[C@@H](c1ccc(OCc2ccccc2)cc1)[C@H](N=[N+]=[N-])C(=O)N1C(=O)OC[C@@H]1c1ccccc1. The van der Waals surface area contributed by atoms with Crippen molar-refractivity contribution in [3.63, 3.8) is 0 Å². The highest BCUT2D eigenvalue weighted by Crippen LogP contribution is 2.36. The van der Waals surface area contributed by atoms with Crippen LogP contribution in [0.2, 0.25) is 0 Å². The Bertz CT molecular complexity index is 1230. The summed E-state index contributed by atoms with van der Waals surface area (Å²) in [5.74, 6) is -0.410. The molecule has 2 amide bonds. The summed E-state index contributed by atoms with van der Waals surface area (Å²) in [4.78, 5) is 30.4. The molecule has 0 aromatic heterocycles.